The van der Waals surface area contributed by atoms with Crippen molar-refractivity contribution >= 4 is 11.5 Å². The first-order chi connectivity index (χ1) is 8.22. The van der Waals surface area contributed by atoms with E-state index in [1.807, 2.05) is 11.8 Å². The summed E-state index contributed by atoms with van der Waals surface area (Å²) in [6.45, 7) is 3.60. The second-order valence-corrected chi connectivity index (χ2v) is 4.49. The molecular formula is C14H18FNO. The van der Waals surface area contributed by atoms with Crippen LogP contribution in [0.5, 0.6) is 0 Å². The number of piperidine rings is 1. The van der Waals surface area contributed by atoms with E-state index in [4.69, 9.17) is 0 Å². The molecule has 17 heavy (non-hydrogen) atoms. The van der Waals surface area contributed by atoms with E-state index < -0.39 is 0 Å². The van der Waals surface area contributed by atoms with Crippen LogP contribution in [0, 0.1) is 5.82 Å². The molecule has 1 heterocycles. The summed E-state index contributed by atoms with van der Waals surface area (Å²) >= 11 is 0. The van der Waals surface area contributed by atoms with Gasteiger partial charge in [-0.05, 0) is 37.5 Å². The zero-order chi connectivity index (χ0) is 12.3. The van der Waals surface area contributed by atoms with Gasteiger partial charge < -0.3 is 4.90 Å². The zero-order valence-corrected chi connectivity index (χ0v) is 10.2. The van der Waals surface area contributed by atoms with Gasteiger partial charge in [0.25, 0.3) is 0 Å². The molecule has 0 aromatic heterocycles. The smallest absolute Gasteiger partial charge is 0.162 e. The second kappa shape index (κ2) is 5.30. The third kappa shape index (κ3) is 2.65. The van der Waals surface area contributed by atoms with Crippen molar-refractivity contribution in [2.24, 2.45) is 0 Å². The first-order valence-corrected chi connectivity index (χ1v) is 6.30. The number of halogens is 1. The fourth-order valence-corrected chi connectivity index (χ4v) is 2.27. The van der Waals surface area contributed by atoms with E-state index in [9.17, 15) is 9.18 Å². The summed E-state index contributed by atoms with van der Waals surface area (Å²) in [5.74, 6) is -0.150. The van der Waals surface area contributed by atoms with Gasteiger partial charge in [0.1, 0.15) is 5.82 Å². The standard InChI is InChI=1S/C14H18FNO/c1-2-14(17)11-6-7-12(15)13(10-11)16-8-4-3-5-9-16/h6-7,10H,2-5,8-9H2,1H3. The monoisotopic (exact) mass is 235 g/mol. The number of carbonyl (C=O) groups is 1. The van der Waals surface area contributed by atoms with Crippen molar-refractivity contribution in [1.29, 1.82) is 0 Å². The van der Waals surface area contributed by atoms with Crippen molar-refractivity contribution < 1.29 is 9.18 Å². The Hall–Kier alpha value is -1.38. The van der Waals surface area contributed by atoms with Crippen molar-refractivity contribution in [1.82, 2.24) is 0 Å². The minimum absolute atomic E-state index is 0.0725. The maximum Gasteiger partial charge on any atom is 0.162 e. The first kappa shape index (κ1) is 12.1. The van der Waals surface area contributed by atoms with E-state index in [1.165, 1.54) is 12.5 Å². The Labute approximate surface area is 101 Å². The van der Waals surface area contributed by atoms with Gasteiger partial charge in [0, 0.05) is 25.1 Å². The lowest BCUT2D eigenvalue weighted by molar-refractivity contribution is 0.0988. The van der Waals surface area contributed by atoms with Crippen LogP contribution >= 0.6 is 0 Å². The van der Waals surface area contributed by atoms with E-state index in [1.54, 1.807) is 12.1 Å². The molecule has 1 aliphatic rings. The van der Waals surface area contributed by atoms with Crippen LogP contribution in [0.4, 0.5) is 10.1 Å². The van der Waals surface area contributed by atoms with Crippen LogP contribution in [0.1, 0.15) is 43.0 Å². The number of nitrogens with zero attached hydrogens (tertiary/aromatic N) is 1. The third-order valence-electron chi connectivity index (χ3n) is 3.29. The molecule has 0 amide bonds. The molecule has 0 unspecified atom stereocenters. The summed E-state index contributed by atoms with van der Waals surface area (Å²) in [4.78, 5) is 13.7. The minimum atomic E-state index is -0.223. The number of ketones is 1. The third-order valence-corrected chi connectivity index (χ3v) is 3.29. The van der Waals surface area contributed by atoms with Gasteiger partial charge in [0.05, 0.1) is 5.69 Å². The van der Waals surface area contributed by atoms with Gasteiger partial charge in [-0.25, -0.2) is 4.39 Å². The van der Waals surface area contributed by atoms with Gasteiger partial charge in [-0.1, -0.05) is 6.92 Å². The lowest BCUT2D eigenvalue weighted by Crippen LogP contribution is -2.30. The number of Topliss-reactive ketones (excluding diaryl/α,β-unsaturated/α-hetero) is 1. The predicted octanol–water partition coefficient (Wildman–Crippen LogP) is 3.41. The molecule has 1 aliphatic heterocycles. The average Bonchev–Trinajstić information content (AvgIpc) is 2.39. The number of anilines is 1. The van der Waals surface area contributed by atoms with Gasteiger partial charge in [0.2, 0.25) is 0 Å². The number of rotatable bonds is 3. The maximum absolute atomic E-state index is 13.8. The highest BCUT2D eigenvalue weighted by Crippen LogP contribution is 2.24. The summed E-state index contributed by atoms with van der Waals surface area (Å²) in [6, 6.07) is 4.69. The van der Waals surface area contributed by atoms with Crippen molar-refractivity contribution in [3.05, 3.63) is 29.6 Å². The molecule has 0 spiro atoms. The highest BCUT2D eigenvalue weighted by Gasteiger charge is 2.16. The Morgan fingerprint density at radius 3 is 2.65 bits per heavy atom. The summed E-state index contributed by atoms with van der Waals surface area (Å²) in [7, 11) is 0. The molecule has 0 N–H and O–H groups in total. The molecule has 1 saturated heterocycles. The molecule has 1 aromatic carbocycles. The van der Waals surface area contributed by atoms with E-state index in [-0.39, 0.29) is 11.6 Å². The summed E-state index contributed by atoms with van der Waals surface area (Å²) < 4.78 is 13.8. The predicted molar refractivity (Wildman–Crippen MR) is 67.1 cm³/mol. The van der Waals surface area contributed by atoms with Gasteiger partial charge >= 0.3 is 0 Å². The lowest BCUT2D eigenvalue weighted by atomic mass is 10.1. The SMILES string of the molecule is CCC(=O)c1ccc(F)c(N2CCCCC2)c1. The highest BCUT2D eigenvalue weighted by molar-refractivity contribution is 5.96. The summed E-state index contributed by atoms with van der Waals surface area (Å²) in [5, 5.41) is 0. The van der Waals surface area contributed by atoms with E-state index >= 15 is 0 Å². The van der Waals surface area contributed by atoms with Gasteiger partial charge in [-0.3, -0.25) is 4.79 Å². The van der Waals surface area contributed by atoms with Crippen molar-refractivity contribution in [3.63, 3.8) is 0 Å². The minimum Gasteiger partial charge on any atom is -0.369 e. The molecule has 0 saturated carbocycles. The molecule has 0 bridgehead atoms. The van der Waals surface area contributed by atoms with Gasteiger partial charge in [-0.2, -0.15) is 0 Å². The topological polar surface area (TPSA) is 20.3 Å². The van der Waals surface area contributed by atoms with Crippen molar-refractivity contribution in [2.75, 3.05) is 18.0 Å². The van der Waals surface area contributed by atoms with Crippen LogP contribution in [0.2, 0.25) is 0 Å². The van der Waals surface area contributed by atoms with Crippen LogP contribution in [-0.4, -0.2) is 18.9 Å². The molecule has 1 fully saturated rings. The highest BCUT2D eigenvalue weighted by atomic mass is 19.1. The Kier molecular flexibility index (Phi) is 3.77. The molecule has 2 rings (SSSR count). The Balaban J connectivity index is 2.28. The Bertz CT molecular complexity index is 411. The summed E-state index contributed by atoms with van der Waals surface area (Å²) in [6.07, 6.45) is 3.88. The number of hydrogen-bond donors (Lipinski definition) is 0. The molecular weight excluding hydrogens is 217 g/mol. The average molecular weight is 235 g/mol. The normalized spacial score (nSPS) is 16.0. The van der Waals surface area contributed by atoms with Gasteiger partial charge in [-0.15, -0.1) is 0 Å². The van der Waals surface area contributed by atoms with Crippen LogP contribution in [0.25, 0.3) is 0 Å². The van der Waals surface area contributed by atoms with Crippen LogP contribution < -0.4 is 4.90 Å². The molecule has 1 aromatic rings. The molecule has 0 atom stereocenters. The van der Waals surface area contributed by atoms with Crippen LogP contribution in [0.15, 0.2) is 18.2 Å². The summed E-state index contributed by atoms with van der Waals surface area (Å²) in [5.41, 5.74) is 1.21. The van der Waals surface area contributed by atoms with Crippen molar-refractivity contribution in [3.8, 4) is 0 Å². The molecule has 2 nitrogen and oxygen atoms in total. The molecule has 0 aliphatic carbocycles. The number of benzene rings is 1. The van der Waals surface area contributed by atoms with E-state index in [2.05, 4.69) is 0 Å². The first-order valence-electron chi connectivity index (χ1n) is 6.30. The van der Waals surface area contributed by atoms with Gasteiger partial charge in [0.15, 0.2) is 5.78 Å². The Morgan fingerprint density at radius 2 is 2.00 bits per heavy atom. The van der Waals surface area contributed by atoms with E-state index in [0.29, 0.717) is 17.7 Å². The fourth-order valence-electron chi connectivity index (χ4n) is 2.27. The zero-order valence-electron chi connectivity index (χ0n) is 10.2. The largest absolute Gasteiger partial charge is 0.369 e. The Morgan fingerprint density at radius 1 is 1.29 bits per heavy atom. The number of carbonyl (C=O) groups excluding carboxylic acids is 1. The lowest BCUT2D eigenvalue weighted by Gasteiger charge is -2.29. The van der Waals surface area contributed by atoms with E-state index in [0.717, 1.165) is 25.9 Å². The molecule has 3 heteroatoms. The second-order valence-electron chi connectivity index (χ2n) is 4.49. The maximum atomic E-state index is 13.8. The quantitative estimate of drug-likeness (QED) is 0.748. The fraction of sp³-hybridized carbons (Fsp3) is 0.500. The van der Waals surface area contributed by atoms with Crippen LogP contribution in [0.3, 0.4) is 0 Å². The van der Waals surface area contributed by atoms with Crippen LogP contribution in [-0.2, 0) is 0 Å². The molecule has 0 radical (unpaired) electrons. The number of hydrogen-bond acceptors (Lipinski definition) is 2. The molecule has 92 valence electrons. The van der Waals surface area contributed by atoms with Crippen molar-refractivity contribution in [2.45, 2.75) is 32.6 Å².